The van der Waals surface area contributed by atoms with E-state index in [2.05, 4.69) is 5.32 Å². The van der Waals surface area contributed by atoms with Gasteiger partial charge in [-0.25, -0.2) is 0 Å². The van der Waals surface area contributed by atoms with Crippen LogP contribution in [0.25, 0.3) is 5.52 Å². The van der Waals surface area contributed by atoms with Gasteiger partial charge in [0.05, 0.1) is 6.54 Å². The second kappa shape index (κ2) is 8.09. The molecule has 0 spiro atoms. The molecule has 26 heavy (non-hydrogen) atoms. The summed E-state index contributed by atoms with van der Waals surface area (Å²) in [5.74, 6) is -1.16. The van der Waals surface area contributed by atoms with E-state index < -0.39 is 22.6 Å². The number of nitrogens with zero attached hydrogens (tertiary/aromatic N) is 2. The first-order chi connectivity index (χ1) is 11.9. The van der Waals surface area contributed by atoms with Crippen LogP contribution in [-0.4, -0.2) is 20.0 Å². The van der Waals surface area contributed by atoms with Crippen LogP contribution in [0, 0.1) is 0 Å². The molecule has 0 saturated carbocycles. The molecule has 7 nitrogen and oxygen atoms in total. The standard InChI is InChI=1S/C17H14ClN3O4.Na/c1-10(22)19-13-9-20-5-6-21(8-11-3-2-4-12(18)7-11)17(25)14(20)16(24)15(13)23;/h2-7,9,24H,8H2,1H3,(H,19,22);/q;+1. The Bertz CT molecular complexity index is 1110. The van der Waals surface area contributed by atoms with Crippen LogP contribution in [0.1, 0.15) is 12.5 Å². The van der Waals surface area contributed by atoms with Crippen molar-refractivity contribution in [1.29, 1.82) is 0 Å². The molecule has 1 aromatic carbocycles. The van der Waals surface area contributed by atoms with Crippen LogP contribution in [0.3, 0.4) is 0 Å². The summed E-state index contributed by atoms with van der Waals surface area (Å²) >= 11 is 5.94. The van der Waals surface area contributed by atoms with Crippen molar-refractivity contribution in [3.05, 3.63) is 74.0 Å². The number of amides is 1. The van der Waals surface area contributed by atoms with E-state index in [4.69, 9.17) is 11.6 Å². The van der Waals surface area contributed by atoms with E-state index >= 15 is 0 Å². The van der Waals surface area contributed by atoms with E-state index in [1.54, 1.807) is 18.2 Å². The number of pyridine rings is 1. The van der Waals surface area contributed by atoms with Crippen LogP contribution in [0.5, 0.6) is 5.75 Å². The summed E-state index contributed by atoms with van der Waals surface area (Å²) in [5.41, 5.74) is -0.812. The van der Waals surface area contributed by atoms with Gasteiger partial charge >= 0.3 is 29.6 Å². The molecule has 1 amide bonds. The Morgan fingerprint density at radius 1 is 1.27 bits per heavy atom. The molecule has 0 aliphatic heterocycles. The van der Waals surface area contributed by atoms with Crippen molar-refractivity contribution in [2.45, 2.75) is 13.5 Å². The fourth-order valence-electron chi connectivity index (χ4n) is 2.54. The molecular formula is C17H14ClN3NaO4+. The smallest absolute Gasteiger partial charge is 0.502 e. The van der Waals surface area contributed by atoms with Crippen molar-refractivity contribution in [3.8, 4) is 5.75 Å². The number of carbonyl (C=O) groups excluding carboxylic acids is 1. The van der Waals surface area contributed by atoms with Gasteiger partial charge in [0.15, 0.2) is 11.3 Å². The van der Waals surface area contributed by atoms with Gasteiger partial charge in [0.2, 0.25) is 11.3 Å². The van der Waals surface area contributed by atoms with Gasteiger partial charge in [0.25, 0.3) is 5.56 Å². The van der Waals surface area contributed by atoms with Crippen LogP contribution < -0.4 is 45.9 Å². The number of aromatic hydroxyl groups is 1. The molecule has 0 radical (unpaired) electrons. The topological polar surface area (TPSA) is 92.8 Å². The van der Waals surface area contributed by atoms with Crippen molar-refractivity contribution < 1.29 is 39.5 Å². The number of aromatic nitrogens is 2. The Balaban J connectivity index is 0.00000243. The summed E-state index contributed by atoms with van der Waals surface area (Å²) in [7, 11) is 0. The third kappa shape index (κ3) is 4.02. The number of anilines is 1. The van der Waals surface area contributed by atoms with Gasteiger partial charge in [-0.3, -0.25) is 14.4 Å². The maximum atomic E-state index is 12.6. The molecule has 0 bridgehead atoms. The van der Waals surface area contributed by atoms with Crippen molar-refractivity contribution >= 4 is 28.7 Å². The molecule has 0 aliphatic carbocycles. The molecular weight excluding hydrogens is 369 g/mol. The molecule has 0 fully saturated rings. The first-order valence-electron chi connectivity index (χ1n) is 7.36. The number of rotatable bonds is 3. The van der Waals surface area contributed by atoms with E-state index in [0.717, 1.165) is 5.56 Å². The van der Waals surface area contributed by atoms with Crippen molar-refractivity contribution in [2.75, 3.05) is 5.32 Å². The van der Waals surface area contributed by atoms with Gasteiger partial charge in [0, 0.05) is 30.5 Å². The number of fused-ring (bicyclic) bond motifs is 1. The maximum Gasteiger partial charge on any atom is 1.00 e. The molecule has 3 aromatic rings. The van der Waals surface area contributed by atoms with E-state index in [9.17, 15) is 19.5 Å². The number of halogens is 1. The van der Waals surface area contributed by atoms with Gasteiger partial charge in [-0.05, 0) is 17.7 Å². The minimum Gasteiger partial charge on any atom is -0.502 e. The first-order valence-corrected chi connectivity index (χ1v) is 7.74. The van der Waals surface area contributed by atoms with Gasteiger partial charge in [-0.1, -0.05) is 23.7 Å². The molecule has 0 saturated heterocycles. The second-order valence-electron chi connectivity index (χ2n) is 5.52. The van der Waals surface area contributed by atoms with E-state index in [1.807, 2.05) is 6.07 Å². The van der Waals surface area contributed by atoms with E-state index in [0.29, 0.717) is 5.02 Å². The summed E-state index contributed by atoms with van der Waals surface area (Å²) in [4.78, 5) is 35.9. The van der Waals surface area contributed by atoms with E-state index in [1.165, 1.54) is 34.5 Å². The molecule has 3 rings (SSSR count). The summed E-state index contributed by atoms with van der Waals surface area (Å²) in [6, 6.07) is 7.03. The number of hydrogen-bond acceptors (Lipinski definition) is 4. The fraction of sp³-hybridized carbons (Fsp3) is 0.118. The third-order valence-corrected chi connectivity index (χ3v) is 3.87. The normalized spacial score (nSPS) is 10.4. The van der Waals surface area contributed by atoms with Crippen LogP contribution in [0.4, 0.5) is 5.69 Å². The molecule has 2 aromatic heterocycles. The van der Waals surface area contributed by atoms with Crippen molar-refractivity contribution in [1.82, 2.24) is 8.97 Å². The average Bonchev–Trinajstić information content (AvgIpc) is 2.54. The molecule has 0 aliphatic rings. The fourth-order valence-corrected chi connectivity index (χ4v) is 2.75. The Labute approximate surface area is 175 Å². The second-order valence-corrected chi connectivity index (χ2v) is 5.96. The monoisotopic (exact) mass is 382 g/mol. The summed E-state index contributed by atoms with van der Waals surface area (Å²) < 4.78 is 2.66. The molecule has 2 N–H and O–H groups in total. The van der Waals surface area contributed by atoms with Gasteiger partial charge in [-0.2, -0.15) is 0 Å². The summed E-state index contributed by atoms with van der Waals surface area (Å²) in [6.45, 7) is 1.48. The van der Waals surface area contributed by atoms with Crippen molar-refractivity contribution in [2.24, 2.45) is 0 Å². The van der Waals surface area contributed by atoms with Crippen LogP contribution in [0.15, 0.2) is 52.4 Å². The van der Waals surface area contributed by atoms with Crippen LogP contribution >= 0.6 is 11.6 Å². The summed E-state index contributed by atoms with van der Waals surface area (Å²) in [6.07, 6.45) is 4.34. The van der Waals surface area contributed by atoms with Crippen molar-refractivity contribution in [3.63, 3.8) is 0 Å². The van der Waals surface area contributed by atoms with Crippen LogP contribution in [-0.2, 0) is 11.3 Å². The average molecular weight is 383 g/mol. The SMILES string of the molecule is CC(=O)Nc1cn2ccn(Cc3cccc(Cl)c3)c(=O)c2c(O)c1=O.[Na+]. The summed E-state index contributed by atoms with van der Waals surface area (Å²) in [5, 5.41) is 13.0. The minimum absolute atomic E-state index is 0. The predicted molar refractivity (Wildman–Crippen MR) is 94.4 cm³/mol. The zero-order valence-electron chi connectivity index (χ0n) is 14.2. The molecule has 128 valence electrons. The predicted octanol–water partition coefficient (Wildman–Crippen LogP) is -1.17. The molecule has 0 atom stereocenters. The van der Waals surface area contributed by atoms with Gasteiger partial charge in [0.1, 0.15) is 5.69 Å². The Morgan fingerprint density at radius 2 is 2.00 bits per heavy atom. The number of benzene rings is 1. The zero-order valence-corrected chi connectivity index (χ0v) is 16.9. The molecule has 2 heterocycles. The Hall–Kier alpha value is -2.06. The Morgan fingerprint density at radius 3 is 2.65 bits per heavy atom. The molecule has 0 unspecified atom stereocenters. The third-order valence-electron chi connectivity index (χ3n) is 3.63. The largest absolute Gasteiger partial charge is 1.00 e. The minimum atomic E-state index is -0.812. The quantitative estimate of drug-likeness (QED) is 0.558. The maximum absolute atomic E-state index is 12.6. The first kappa shape index (κ1) is 20.3. The Kier molecular flexibility index (Phi) is 6.30. The molecule has 9 heteroatoms. The number of hydrogen-bond donors (Lipinski definition) is 2. The number of carbonyl (C=O) groups is 1. The van der Waals surface area contributed by atoms with Gasteiger partial charge in [-0.15, -0.1) is 0 Å². The van der Waals surface area contributed by atoms with Gasteiger partial charge < -0.3 is 19.4 Å². The zero-order chi connectivity index (χ0) is 18.1. The van der Waals surface area contributed by atoms with E-state index in [-0.39, 0.29) is 47.3 Å². The van der Waals surface area contributed by atoms with Crippen LogP contribution in [0.2, 0.25) is 5.02 Å². The number of nitrogens with one attached hydrogen (secondary N) is 1.